The largest absolute Gasteiger partial charge is 0.444 e. The molecule has 6 nitrogen and oxygen atoms in total. The Kier molecular flexibility index (Phi) is 7.08. The summed E-state index contributed by atoms with van der Waals surface area (Å²) in [5, 5.41) is 2.95. The first-order chi connectivity index (χ1) is 10.9. The maximum atomic E-state index is 12.3. The van der Waals surface area contributed by atoms with E-state index in [0.29, 0.717) is 26.2 Å². The molecule has 0 saturated carbocycles. The molecule has 24 heavy (non-hydrogen) atoms. The normalized spacial score (nSPS) is 21.0. The molecule has 2 unspecified atom stereocenters. The van der Waals surface area contributed by atoms with Gasteiger partial charge in [0.2, 0.25) is 5.91 Å². The standard InChI is InChI=1S/C18H34N2O4/c1-13(17(2,3)4)15(21)19-11-14-12-20(9-8-10-23-14)16(22)24-18(5,6)7/h13-14H,8-12H2,1-7H3,(H,19,21). The molecule has 1 heterocycles. The molecule has 1 N–H and O–H groups in total. The molecule has 140 valence electrons. The van der Waals surface area contributed by atoms with E-state index >= 15 is 0 Å². The van der Waals surface area contributed by atoms with Gasteiger partial charge in [0.1, 0.15) is 5.60 Å². The lowest BCUT2D eigenvalue weighted by atomic mass is 9.81. The minimum absolute atomic E-state index is 0.0131. The fourth-order valence-corrected chi connectivity index (χ4v) is 2.27. The molecule has 0 aliphatic carbocycles. The zero-order valence-electron chi connectivity index (χ0n) is 16.3. The summed E-state index contributed by atoms with van der Waals surface area (Å²) in [6.07, 6.45) is 0.228. The number of nitrogens with one attached hydrogen (secondary N) is 1. The first-order valence-electron chi connectivity index (χ1n) is 8.77. The van der Waals surface area contributed by atoms with Crippen LogP contribution >= 0.6 is 0 Å². The van der Waals surface area contributed by atoms with Crippen LogP contribution in [0.25, 0.3) is 0 Å². The average Bonchev–Trinajstić information content (AvgIpc) is 2.66. The molecule has 2 atom stereocenters. The van der Waals surface area contributed by atoms with Crippen LogP contribution in [-0.4, -0.2) is 54.8 Å². The van der Waals surface area contributed by atoms with Gasteiger partial charge in [-0.1, -0.05) is 27.7 Å². The number of amides is 2. The zero-order valence-corrected chi connectivity index (χ0v) is 16.3. The van der Waals surface area contributed by atoms with E-state index in [1.54, 1.807) is 4.90 Å². The molecule has 6 heteroatoms. The van der Waals surface area contributed by atoms with Gasteiger partial charge in [-0.15, -0.1) is 0 Å². The summed E-state index contributed by atoms with van der Waals surface area (Å²) in [4.78, 5) is 26.2. The van der Waals surface area contributed by atoms with Gasteiger partial charge in [0.05, 0.1) is 12.6 Å². The van der Waals surface area contributed by atoms with Crippen LogP contribution in [0.3, 0.4) is 0 Å². The quantitative estimate of drug-likeness (QED) is 0.856. The topological polar surface area (TPSA) is 67.9 Å². The Hall–Kier alpha value is -1.30. The smallest absolute Gasteiger partial charge is 0.410 e. The first kappa shape index (κ1) is 20.7. The maximum Gasteiger partial charge on any atom is 0.410 e. The van der Waals surface area contributed by atoms with Crippen molar-refractivity contribution in [3.8, 4) is 0 Å². The van der Waals surface area contributed by atoms with Gasteiger partial charge < -0.3 is 19.7 Å². The van der Waals surface area contributed by atoms with Crippen LogP contribution in [0.15, 0.2) is 0 Å². The fourth-order valence-electron chi connectivity index (χ4n) is 2.27. The van der Waals surface area contributed by atoms with Gasteiger partial charge in [-0.05, 0) is 32.6 Å². The van der Waals surface area contributed by atoms with Gasteiger partial charge in [0.15, 0.2) is 0 Å². The van der Waals surface area contributed by atoms with E-state index in [1.165, 1.54) is 0 Å². The van der Waals surface area contributed by atoms with E-state index in [2.05, 4.69) is 5.32 Å². The number of carbonyl (C=O) groups excluding carboxylic acids is 2. The third-order valence-electron chi connectivity index (χ3n) is 4.20. The van der Waals surface area contributed by atoms with Crippen molar-refractivity contribution in [1.82, 2.24) is 10.2 Å². The second kappa shape index (κ2) is 8.19. The molecule has 1 rings (SSSR count). The minimum atomic E-state index is -0.518. The maximum absolute atomic E-state index is 12.3. The van der Waals surface area contributed by atoms with E-state index in [-0.39, 0.29) is 29.4 Å². The van der Waals surface area contributed by atoms with Gasteiger partial charge in [-0.25, -0.2) is 4.79 Å². The zero-order chi connectivity index (χ0) is 18.5. The lowest BCUT2D eigenvalue weighted by Crippen LogP contribution is -2.45. The van der Waals surface area contributed by atoms with Crippen molar-refractivity contribution in [1.29, 1.82) is 0 Å². The third kappa shape index (κ3) is 7.07. The number of rotatable bonds is 3. The molecular formula is C18H34N2O4. The summed E-state index contributed by atoms with van der Waals surface area (Å²) in [6, 6.07) is 0. The van der Waals surface area contributed by atoms with Gasteiger partial charge in [0.25, 0.3) is 0 Å². The predicted molar refractivity (Wildman–Crippen MR) is 93.8 cm³/mol. The number of hydrogen-bond acceptors (Lipinski definition) is 4. The van der Waals surface area contributed by atoms with E-state index in [4.69, 9.17) is 9.47 Å². The second-order valence-electron chi connectivity index (χ2n) is 8.61. The Morgan fingerprint density at radius 1 is 1.25 bits per heavy atom. The SMILES string of the molecule is CC(C(=O)NCC1CN(C(=O)OC(C)(C)C)CCCO1)C(C)(C)C. The highest BCUT2D eigenvalue weighted by atomic mass is 16.6. The molecule has 0 radical (unpaired) electrons. The number of ether oxygens (including phenoxy) is 2. The Morgan fingerprint density at radius 2 is 1.88 bits per heavy atom. The van der Waals surface area contributed by atoms with Crippen molar-refractivity contribution in [2.75, 3.05) is 26.2 Å². The van der Waals surface area contributed by atoms with E-state index < -0.39 is 5.60 Å². The summed E-state index contributed by atoms with van der Waals surface area (Å²) in [7, 11) is 0. The Labute approximate surface area is 146 Å². The van der Waals surface area contributed by atoms with Crippen LogP contribution in [0.5, 0.6) is 0 Å². The lowest BCUT2D eigenvalue weighted by Gasteiger charge is -2.29. The van der Waals surface area contributed by atoms with Crippen molar-refractivity contribution in [3.63, 3.8) is 0 Å². The molecule has 1 aliphatic heterocycles. The molecule has 1 fully saturated rings. The van der Waals surface area contributed by atoms with Gasteiger partial charge in [-0.2, -0.15) is 0 Å². The minimum Gasteiger partial charge on any atom is -0.444 e. The number of carbonyl (C=O) groups is 2. The number of nitrogens with zero attached hydrogens (tertiary/aromatic N) is 1. The molecule has 2 amide bonds. The monoisotopic (exact) mass is 342 g/mol. The van der Waals surface area contributed by atoms with Crippen molar-refractivity contribution in [2.45, 2.75) is 66.6 Å². The molecule has 0 spiro atoms. The van der Waals surface area contributed by atoms with Crippen LogP contribution in [0, 0.1) is 11.3 Å². The summed E-state index contributed by atoms with van der Waals surface area (Å²) >= 11 is 0. The highest BCUT2D eigenvalue weighted by Gasteiger charge is 2.29. The third-order valence-corrected chi connectivity index (χ3v) is 4.20. The molecule has 0 bridgehead atoms. The average molecular weight is 342 g/mol. The Bertz CT molecular complexity index is 437. The van der Waals surface area contributed by atoms with Gasteiger partial charge in [0, 0.05) is 25.6 Å². The molecule has 0 aromatic heterocycles. The predicted octanol–water partition coefficient (Wildman–Crippen LogP) is 2.81. The van der Waals surface area contributed by atoms with Crippen molar-refractivity contribution < 1.29 is 19.1 Å². The van der Waals surface area contributed by atoms with Gasteiger partial charge in [-0.3, -0.25) is 4.79 Å². The molecule has 0 aromatic carbocycles. The Balaban J connectivity index is 2.56. The summed E-state index contributed by atoms with van der Waals surface area (Å²) in [5.74, 6) is -0.0793. The van der Waals surface area contributed by atoms with E-state index in [1.807, 2.05) is 48.5 Å². The summed E-state index contributed by atoms with van der Waals surface area (Å²) in [6.45, 7) is 15.6. The Morgan fingerprint density at radius 3 is 2.42 bits per heavy atom. The summed E-state index contributed by atoms with van der Waals surface area (Å²) < 4.78 is 11.2. The van der Waals surface area contributed by atoms with Crippen LogP contribution in [0.1, 0.15) is 54.9 Å². The molecule has 0 aromatic rings. The summed E-state index contributed by atoms with van der Waals surface area (Å²) in [5.41, 5.74) is -0.604. The van der Waals surface area contributed by atoms with Crippen molar-refractivity contribution in [2.24, 2.45) is 11.3 Å². The van der Waals surface area contributed by atoms with E-state index in [0.717, 1.165) is 6.42 Å². The van der Waals surface area contributed by atoms with Crippen LogP contribution in [0.4, 0.5) is 4.79 Å². The highest BCUT2D eigenvalue weighted by molar-refractivity contribution is 5.79. The first-order valence-corrected chi connectivity index (χ1v) is 8.77. The molecule has 1 aliphatic rings. The lowest BCUT2D eigenvalue weighted by molar-refractivity contribution is -0.128. The van der Waals surface area contributed by atoms with Crippen molar-refractivity contribution >= 4 is 12.0 Å². The molecule has 1 saturated heterocycles. The van der Waals surface area contributed by atoms with Crippen LogP contribution in [0.2, 0.25) is 0 Å². The van der Waals surface area contributed by atoms with Gasteiger partial charge >= 0.3 is 6.09 Å². The van der Waals surface area contributed by atoms with Crippen LogP contribution in [-0.2, 0) is 14.3 Å². The van der Waals surface area contributed by atoms with E-state index in [9.17, 15) is 9.59 Å². The highest BCUT2D eigenvalue weighted by Crippen LogP contribution is 2.25. The van der Waals surface area contributed by atoms with Crippen LogP contribution < -0.4 is 5.32 Å². The second-order valence-corrected chi connectivity index (χ2v) is 8.61. The van der Waals surface area contributed by atoms with Crippen molar-refractivity contribution in [3.05, 3.63) is 0 Å². The molecular weight excluding hydrogens is 308 g/mol. The fraction of sp³-hybridized carbons (Fsp3) is 0.889. The number of hydrogen-bond donors (Lipinski definition) is 1.